The van der Waals surface area contributed by atoms with Crippen LogP contribution in [0.5, 0.6) is 5.75 Å². The second-order valence-corrected chi connectivity index (χ2v) is 11.9. The average Bonchev–Trinajstić information content (AvgIpc) is 3.34. The van der Waals surface area contributed by atoms with Gasteiger partial charge in [-0.05, 0) is 72.7 Å². The van der Waals surface area contributed by atoms with Crippen molar-refractivity contribution < 1.29 is 18.7 Å². The predicted octanol–water partition coefficient (Wildman–Crippen LogP) is 4.99. The summed E-state index contributed by atoms with van der Waals surface area (Å²) in [6, 6.07) is 18.0. The lowest BCUT2D eigenvalue weighted by molar-refractivity contribution is 0.0942. The summed E-state index contributed by atoms with van der Waals surface area (Å²) in [5.41, 5.74) is 4.85. The third-order valence-corrected chi connectivity index (χ3v) is 8.95. The van der Waals surface area contributed by atoms with Gasteiger partial charge in [-0.3, -0.25) is 14.2 Å². The van der Waals surface area contributed by atoms with Crippen LogP contribution in [0, 0.1) is 25.5 Å². The van der Waals surface area contributed by atoms with E-state index in [1.165, 1.54) is 29.3 Å². The SMILES string of the molecule is Cc1cc(CNC(=O)c2nc(N3CCC4(C=C(NCc5ccc(F)c(C)c5)c5ccccc54)CC3)n(C)c(=O)c2O)ccc1F. The summed E-state index contributed by atoms with van der Waals surface area (Å²) < 4.78 is 28.7. The number of halogens is 2. The maximum atomic E-state index is 13.8. The molecule has 0 radical (unpaired) electrons. The molecule has 6 rings (SSSR count). The van der Waals surface area contributed by atoms with Crippen LogP contribution < -0.4 is 21.1 Å². The van der Waals surface area contributed by atoms with Crippen molar-refractivity contribution in [1.82, 2.24) is 20.2 Å². The molecule has 232 valence electrons. The van der Waals surface area contributed by atoms with Crippen LogP contribution in [0.2, 0.25) is 0 Å². The summed E-state index contributed by atoms with van der Waals surface area (Å²) in [6.45, 7) is 5.17. The Balaban J connectivity index is 1.20. The number of nitrogens with zero attached hydrogens (tertiary/aromatic N) is 3. The van der Waals surface area contributed by atoms with Gasteiger partial charge in [0.25, 0.3) is 11.5 Å². The van der Waals surface area contributed by atoms with E-state index in [2.05, 4.69) is 33.8 Å². The van der Waals surface area contributed by atoms with Crippen LogP contribution in [0.1, 0.15) is 56.7 Å². The number of allylic oxidation sites excluding steroid dienone is 1. The Labute approximate surface area is 260 Å². The van der Waals surface area contributed by atoms with E-state index in [0.29, 0.717) is 42.3 Å². The molecule has 1 saturated heterocycles. The molecule has 3 N–H and O–H groups in total. The number of hydrogen-bond acceptors (Lipinski definition) is 6. The largest absolute Gasteiger partial charge is 0.501 e. The molecular weight excluding hydrogens is 576 g/mol. The molecule has 0 saturated carbocycles. The van der Waals surface area contributed by atoms with Crippen molar-refractivity contribution in [3.05, 3.63) is 128 Å². The number of rotatable bonds is 7. The zero-order valence-electron chi connectivity index (χ0n) is 25.5. The van der Waals surface area contributed by atoms with Gasteiger partial charge in [0, 0.05) is 49.9 Å². The third-order valence-electron chi connectivity index (χ3n) is 8.95. The molecular formula is C35H35F2N5O3. The van der Waals surface area contributed by atoms with Gasteiger partial charge in [-0.2, -0.15) is 0 Å². The minimum Gasteiger partial charge on any atom is -0.501 e. The van der Waals surface area contributed by atoms with Crippen molar-refractivity contribution in [2.24, 2.45) is 7.05 Å². The standard InChI is InChI=1S/C35H35F2N5O3/c1-21-16-23(8-10-27(21)36)19-38-29-18-35(26-7-5-4-6-25(26)29)12-14-42(15-13-35)34-40-30(31(43)33(45)41(34)3)32(44)39-20-24-9-11-28(37)22(2)17-24/h4-11,16-18,38,43H,12-15,19-20H2,1-3H3,(H,39,44). The van der Waals surface area contributed by atoms with E-state index < -0.39 is 17.2 Å². The number of fused-ring (bicyclic) bond motifs is 2. The maximum absolute atomic E-state index is 13.8. The quantitative estimate of drug-likeness (QED) is 0.272. The van der Waals surface area contributed by atoms with Gasteiger partial charge in [-0.25, -0.2) is 13.8 Å². The molecule has 3 aromatic carbocycles. The summed E-state index contributed by atoms with van der Waals surface area (Å²) in [6.07, 6.45) is 3.77. The van der Waals surface area contributed by atoms with Crippen LogP contribution in [0.15, 0.2) is 71.5 Å². The average molecular weight is 612 g/mol. The van der Waals surface area contributed by atoms with Gasteiger partial charge in [0.15, 0.2) is 5.69 Å². The fourth-order valence-corrected chi connectivity index (χ4v) is 6.37. The highest BCUT2D eigenvalue weighted by Crippen LogP contribution is 2.46. The van der Waals surface area contributed by atoms with E-state index in [0.717, 1.165) is 29.7 Å². The lowest BCUT2D eigenvalue weighted by atomic mass is 9.74. The number of aryl methyl sites for hydroxylation is 2. The number of aromatic nitrogens is 2. The molecule has 45 heavy (non-hydrogen) atoms. The Morgan fingerprint density at radius 2 is 1.58 bits per heavy atom. The summed E-state index contributed by atoms with van der Waals surface area (Å²) in [4.78, 5) is 32.5. The number of nitrogens with one attached hydrogen (secondary N) is 2. The Bertz CT molecular complexity index is 1890. The minimum atomic E-state index is -0.720. The molecule has 2 heterocycles. The molecule has 4 aromatic rings. The summed E-state index contributed by atoms with van der Waals surface area (Å²) in [5.74, 6) is -1.67. The first-order chi connectivity index (χ1) is 21.6. The molecule has 1 aromatic heterocycles. The molecule has 10 heteroatoms. The molecule has 1 amide bonds. The van der Waals surface area contributed by atoms with Gasteiger partial charge < -0.3 is 20.6 Å². The smallest absolute Gasteiger partial charge is 0.297 e. The minimum absolute atomic E-state index is 0.0841. The second kappa shape index (κ2) is 11.8. The zero-order chi connectivity index (χ0) is 31.9. The van der Waals surface area contributed by atoms with E-state index in [-0.39, 0.29) is 29.3 Å². The van der Waals surface area contributed by atoms with Gasteiger partial charge in [-0.1, -0.05) is 48.5 Å². The molecule has 0 unspecified atom stereocenters. The number of piperidine rings is 1. The number of anilines is 1. The molecule has 1 fully saturated rings. The molecule has 8 nitrogen and oxygen atoms in total. The highest BCUT2D eigenvalue weighted by molar-refractivity contribution is 5.95. The number of hydrogen-bond donors (Lipinski definition) is 3. The Kier molecular flexibility index (Phi) is 7.90. The molecule has 1 aliphatic heterocycles. The van der Waals surface area contributed by atoms with E-state index >= 15 is 0 Å². The molecule has 0 bridgehead atoms. The number of aromatic hydroxyl groups is 1. The van der Waals surface area contributed by atoms with Crippen LogP contribution in [-0.2, 0) is 25.6 Å². The van der Waals surface area contributed by atoms with Crippen molar-refractivity contribution in [3.8, 4) is 5.75 Å². The first-order valence-electron chi connectivity index (χ1n) is 15.0. The maximum Gasteiger partial charge on any atom is 0.297 e. The van der Waals surface area contributed by atoms with E-state index in [4.69, 9.17) is 0 Å². The third kappa shape index (κ3) is 5.68. The summed E-state index contributed by atoms with van der Waals surface area (Å²) in [5, 5.41) is 16.8. The number of carbonyl (C=O) groups excluding carboxylic acids is 1. The fourth-order valence-electron chi connectivity index (χ4n) is 6.37. The normalized spacial score (nSPS) is 15.1. The lowest BCUT2D eigenvalue weighted by Crippen LogP contribution is -2.44. The summed E-state index contributed by atoms with van der Waals surface area (Å²) >= 11 is 0. The van der Waals surface area contributed by atoms with Crippen LogP contribution >= 0.6 is 0 Å². The topological polar surface area (TPSA) is 99.5 Å². The second-order valence-electron chi connectivity index (χ2n) is 11.9. The van der Waals surface area contributed by atoms with Crippen molar-refractivity contribution in [2.45, 2.75) is 45.2 Å². The van der Waals surface area contributed by atoms with Gasteiger partial charge in [0.1, 0.15) is 11.6 Å². The van der Waals surface area contributed by atoms with E-state index in [1.807, 2.05) is 23.1 Å². The van der Waals surface area contributed by atoms with E-state index in [9.17, 15) is 23.5 Å². The molecule has 1 spiro atoms. The molecule has 1 aliphatic carbocycles. The first kappa shape index (κ1) is 30.1. The Morgan fingerprint density at radius 1 is 0.956 bits per heavy atom. The Hall–Kier alpha value is -4.99. The van der Waals surface area contributed by atoms with Gasteiger partial charge in [0.2, 0.25) is 11.7 Å². The van der Waals surface area contributed by atoms with Crippen molar-refractivity contribution in [1.29, 1.82) is 0 Å². The van der Waals surface area contributed by atoms with Crippen LogP contribution in [-0.4, -0.2) is 33.7 Å². The summed E-state index contributed by atoms with van der Waals surface area (Å²) in [7, 11) is 1.53. The van der Waals surface area contributed by atoms with Crippen molar-refractivity contribution in [3.63, 3.8) is 0 Å². The number of carbonyl (C=O) groups is 1. The van der Waals surface area contributed by atoms with Gasteiger partial charge >= 0.3 is 0 Å². The zero-order valence-corrected chi connectivity index (χ0v) is 25.5. The highest BCUT2D eigenvalue weighted by Gasteiger charge is 2.41. The van der Waals surface area contributed by atoms with Crippen molar-refractivity contribution >= 4 is 17.6 Å². The molecule has 0 atom stereocenters. The monoisotopic (exact) mass is 611 g/mol. The van der Waals surface area contributed by atoms with Crippen LogP contribution in [0.25, 0.3) is 5.70 Å². The van der Waals surface area contributed by atoms with Gasteiger partial charge in [-0.15, -0.1) is 0 Å². The van der Waals surface area contributed by atoms with Crippen LogP contribution in [0.3, 0.4) is 0 Å². The fraction of sp³-hybridized carbons (Fsp3) is 0.286. The number of benzene rings is 3. The van der Waals surface area contributed by atoms with E-state index in [1.54, 1.807) is 32.0 Å². The lowest BCUT2D eigenvalue weighted by Gasteiger charge is -2.40. The van der Waals surface area contributed by atoms with Gasteiger partial charge in [0.05, 0.1) is 0 Å². The number of amides is 1. The predicted molar refractivity (Wildman–Crippen MR) is 169 cm³/mol. The molecule has 2 aliphatic rings. The first-order valence-corrected chi connectivity index (χ1v) is 15.0. The van der Waals surface area contributed by atoms with Crippen molar-refractivity contribution in [2.75, 3.05) is 18.0 Å². The van der Waals surface area contributed by atoms with Crippen LogP contribution in [0.4, 0.5) is 14.7 Å². The Morgan fingerprint density at radius 3 is 2.22 bits per heavy atom. The highest BCUT2D eigenvalue weighted by atomic mass is 19.1.